The average molecular weight is 527 g/mol. The maximum Gasteiger partial charge on any atom is 0.264 e. The molecule has 4 aromatic rings. The van der Waals surface area contributed by atoms with Gasteiger partial charge in [-0.2, -0.15) is 0 Å². The molecule has 12 heteroatoms. The van der Waals surface area contributed by atoms with Gasteiger partial charge in [0.25, 0.3) is 10.0 Å². The lowest BCUT2D eigenvalue weighted by molar-refractivity contribution is -0.114. The largest absolute Gasteiger partial charge is 0.486 e. The van der Waals surface area contributed by atoms with Crippen molar-refractivity contribution in [2.75, 3.05) is 29.4 Å². The van der Waals surface area contributed by atoms with Crippen molar-refractivity contribution < 1.29 is 27.1 Å². The van der Waals surface area contributed by atoms with Crippen LogP contribution in [0, 0.1) is 5.82 Å². The average Bonchev–Trinajstić information content (AvgIpc) is 3.36. The molecule has 9 nitrogen and oxygen atoms in total. The summed E-state index contributed by atoms with van der Waals surface area (Å²) in [4.78, 5) is 12.8. The molecule has 0 saturated heterocycles. The maximum atomic E-state index is 13.6. The number of sulfonamides is 1. The molecule has 0 fully saturated rings. The van der Waals surface area contributed by atoms with Crippen molar-refractivity contribution in [1.29, 1.82) is 0 Å². The van der Waals surface area contributed by atoms with Crippen LogP contribution in [0.4, 0.5) is 15.2 Å². The molecule has 3 aromatic carbocycles. The van der Waals surface area contributed by atoms with Crippen LogP contribution >= 0.6 is 11.3 Å². The van der Waals surface area contributed by atoms with Gasteiger partial charge in [0.1, 0.15) is 30.6 Å². The number of hydrogen-bond donors (Lipinski definition) is 1. The second-order valence-electron chi connectivity index (χ2n) is 7.62. The van der Waals surface area contributed by atoms with Crippen LogP contribution in [0.2, 0.25) is 0 Å². The number of nitrogens with zero attached hydrogens (tertiary/aromatic N) is 3. The highest BCUT2D eigenvalue weighted by molar-refractivity contribution is 7.92. The number of amides is 1. The van der Waals surface area contributed by atoms with Gasteiger partial charge in [-0.15, -0.1) is 10.2 Å². The van der Waals surface area contributed by atoms with Crippen molar-refractivity contribution in [3.05, 3.63) is 78.6 Å². The molecule has 2 heterocycles. The van der Waals surface area contributed by atoms with E-state index in [2.05, 4.69) is 15.5 Å². The number of anilines is 2. The number of rotatable bonds is 7. The van der Waals surface area contributed by atoms with Gasteiger partial charge in [-0.05, 0) is 36.4 Å². The van der Waals surface area contributed by atoms with E-state index in [0.29, 0.717) is 17.4 Å². The van der Waals surface area contributed by atoms with Gasteiger partial charge in [0, 0.05) is 11.6 Å². The van der Waals surface area contributed by atoms with E-state index in [4.69, 9.17) is 9.47 Å². The Bertz CT molecular complexity index is 1490. The highest BCUT2D eigenvalue weighted by atomic mass is 32.2. The van der Waals surface area contributed by atoms with Gasteiger partial charge in [0.05, 0.1) is 10.6 Å². The van der Waals surface area contributed by atoms with Crippen LogP contribution < -0.4 is 19.1 Å². The Morgan fingerprint density at radius 3 is 2.44 bits per heavy atom. The van der Waals surface area contributed by atoms with E-state index in [1.807, 2.05) is 30.3 Å². The predicted molar refractivity (Wildman–Crippen MR) is 132 cm³/mol. The summed E-state index contributed by atoms with van der Waals surface area (Å²) >= 11 is 1.16. The monoisotopic (exact) mass is 526 g/mol. The van der Waals surface area contributed by atoms with Crippen molar-refractivity contribution in [1.82, 2.24) is 10.2 Å². The predicted octanol–water partition coefficient (Wildman–Crippen LogP) is 3.95. The van der Waals surface area contributed by atoms with Crippen molar-refractivity contribution in [2.45, 2.75) is 4.90 Å². The number of carbonyl (C=O) groups excluding carboxylic acids is 1. The summed E-state index contributed by atoms with van der Waals surface area (Å²) in [5, 5.41) is 11.5. The van der Waals surface area contributed by atoms with E-state index in [1.165, 1.54) is 30.3 Å². The number of nitrogens with one attached hydrogen (secondary N) is 1. The van der Waals surface area contributed by atoms with E-state index in [1.54, 1.807) is 0 Å². The normalized spacial score (nSPS) is 12.7. The third-order valence-corrected chi connectivity index (χ3v) is 7.85. The zero-order valence-electron chi connectivity index (χ0n) is 18.6. The Morgan fingerprint density at radius 1 is 0.972 bits per heavy atom. The van der Waals surface area contributed by atoms with Crippen LogP contribution in [0.15, 0.2) is 77.7 Å². The van der Waals surface area contributed by atoms with Gasteiger partial charge in [-0.1, -0.05) is 41.7 Å². The number of benzene rings is 3. The smallest absolute Gasteiger partial charge is 0.264 e. The molecule has 36 heavy (non-hydrogen) atoms. The fraction of sp³-hybridized carbons (Fsp3) is 0.125. The second-order valence-corrected chi connectivity index (χ2v) is 10.5. The maximum absolute atomic E-state index is 13.6. The molecule has 184 valence electrons. The minimum absolute atomic E-state index is 0.105. The fourth-order valence-electron chi connectivity index (χ4n) is 3.49. The number of fused-ring (bicyclic) bond motifs is 1. The van der Waals surface area contributed by atoms with Gasteiger partial charge < -0.3 is 9.47 Å². The lowest BCUT2D eigenvalue weighted by Crippen LogP contribution is -2.38. The quantitative estimate of drug-likeness (QED) is 0.388. The fourth-order valence-corrected chi connectivity index (χ4v) is 5.70. The molecule has 0 spiro atoms. The summed E-state index contributed by atoms with van der Waals surface area (Å²) in [6.45, 7) is 0.0641. The topological polar surface area (TPSA) is 111 Å². The van der Waals surface area contributed by atoms with Gasteiger partial charge in [0.15, 0.2) is 11.5 Å². The molecule has 0 saturated carbocycles. The Morgan fingerprint density at radius 2 is 1.69 bits per heavy atom. The SMILES string of the molecule is O=C(CN(c1ccc(F)cc1)S(=O)(=O)c1ccc2c(c1)OCCO2)Nc1nnc(-c2ccccc2)s1. The number of halogens is 1. The molecule has 0 radical (unpaired) electrons. The molecule has 5 rings (SSSR count). The summed E-state index contributed by atoms with van der Waals surface area (Å²) in [7, 11) is -4.24. The molecule has 0 unspecified atom stereocenters. The van der Waals surface area contributed by atoms with Crippen LogP contribution in [0.25, 0.3) is 10.6 Å². The number of hydrogen-bond acceptors (Lipinski definition) is 8. The van der Waals surface area contributed by atoms with Gasteiger partial charge in [0.2, 0.25) is 11.0 Å². The number of aromatic nitrogens is 2. The van der Waals surface area contributed by atoms with Gasteiger partial charge >= 0.3 is 0 Å². The molecule has 1 aromatic heterocycles. The molecule has 1 N–H and O–H groups in total. The van der Waals surface area contributed by atoms with E-state index in [-0.39, 0.29) is 28.1 Å². The van der Waals surface area contributed by atoms with Crippen molar-refractivity contribution in [3.63, 3.8) is 0 Å². The zero-order valence-corrected chi connectivity index (χ0v) is 20.3. The first-order valence-electron chi connectivity index (χ1n) is 10.8. The van der Waals surface area contributed by atoms with E-state index < -0.39 is 28.3 Å². The van der Waals surface area contributed by atoms with Crippen LogP contribution in [0.3, 0.4) is 0 Å². The van der Waals surface area contributed by atoms with Crippen LogP contribution in [0.1, 0.15) is 0 Å². The van der Waals surface area contributed by atoms with Gasteiger partial charge in [-0.3, -0.25) is 14.4 Å². The first-order chi connectivity index (χ1) is 17.4. The summed E-state index contributed by atoms with van der Waals surface area (Å²) in [6.07, 6.45) is 0. The zero-order chi connectivity index (χ0) is 25.1. The third kappa shape index (κ3) is 4.99. The molecule has 0 atom stereocenters. The Balaban J connectivity index is 1.41. The van der Waals surface area contributed by atoms with E-state index in [0.717, 1.165) is 33.3 Å². The standard InChI is InChI=1S/C24H19FN4O5S2/c25-17-6-8-18(9-7-17)29(36(31,32)19-10-11-20-21(14-19)34-13-12-33-20)15-22(30)26-24-28-27-23(35-24)16-4-2-1-3-5-16/h1-11,14H,12-13,15H2,(H,26,28,30). The van der Waals surface area contributed by atoms with Crippen molar-refractivity contribution in [2.24, 2.45) is 0 Å². The van der Waals surface area contributed by atoms with Crippen LogP contribution in [-0.2, 0) is 14.8 Å². The molecule has 1 aliphatic heterocycles. The molecule has 1 aliphatic rings. The Hall–Kier alpha value is -4.03. The molecular weight excluding hydrogens is 507 g/mol. The summed E-state index contributed by atoms with van der Waals surface area (Å²) in [5.74, 6) is -0.469. The minimum Gasteiger partial charge on any atom is -0.486 e. The highest BCUT2D eigenvalue weighted by Gasteiger charge is 2.29. The molecular formula is C24H19FN4O5S2. The summed E-state index contributed by atoms with van der Waals surface area (Å²) < 4.78 is 52.6. The Kier molecular flexibility index (Phi) is 6.53. The number of ether oxygens (including phenoxy) is 2. The lowest BCUT2D eigenvalue weighted by atomic mass is 10.2. The van der Waals surface area contributed by atoms with E-state index in [9.17, 15) is 17.6 Å². The molecule has 0 aliphatic carbocycles. The third-order valence-electron chi connectivity index (χ3n) is 5.20. The number of carbonyl (C=O) groups is 1. The first-order valence-corrected chi connectivity index (χ1v) is 13.0. The van der Waals surface area contributed by atoms with Crippen LogP contribution in [0.5, 0.6) is 11.5 Å². The minimum atomic E-state index is -4.24. The van der Waals surface area contributed by atoms with Gasteiger partial charge in [-0.25, -0.2) is 12.8 Å². The summed E-state index contributed by atoms with van der Waals surface area (Å²) in [5.41, 5.74) is 0.952. The second kappa shape index (κ2) is 9.91. The lowest BCUT2D eigenvalue weighted by Gasteiger charge is -2.25. The van der Waals surface area contributed by atoms with Crippen molar-refractivity contribution in [3.8, 4) is 22.1 Å². The Labute approximate surface area is 210 Å². The first kappa shape index (κ1) is 23.7. The van der Waals surface area contributed by atoms with Crippen molar-refractivity contribution >= 4 is 38.1 Å². The highest BCUT2D eigenvalue weighted by Crippen LogP contribution is 2.34. The van der Waals surface area contributed by atoms with Crippen LogP contribution in [-0.4, -0.2) is 44.3 Å². The van der Waals surface area contributed by atoms with E-state index >= 15 is 0 Å². The summed E-state index contributed by atoms with van der Waals surface area (Å²) in [6, 6.07) is 18.3. The molecule has 1 amide bonds. The molecule has 0 bridgehead atoms.